The zero-order chi connectivity index (χ0) is 66.5. The zero-order valence-electron chi connectivity index (χ0n) is 56.4. The van der Waals surface area contributed by atoms with Crippen molar-refractivity contribution in [1.29, 1.82) is 0 Å². The number of hydrogen-bond donors (Lipinski definition) is 0. The van der Waals surface area contributed by atoms with E-state index >= 15 is 0 Å². The van der Waals surface area contributed by atoms with Gasteiger partial charge in [0.25, 0.3) is 0 Å². The molecule has 14 aromatic rings. The predicted molar refractivity (Wildman–Crippen MR) is 389 cm³/mol. The third kappa shape index (κ3) is 10.5. The van der Waals surface area contributed by atoms with E-state index in [1.54, 1.807) is 0 Å². The Kier molecular flexibility index (Phi) is 13.7. The molecule has 0 N–H and O–H groups in total. The van der Waals surface area contributed by atoms with Crippen LogP contribution in [0.15, 0.2) is 352 Å². The number of para-hydroxylation sites is 1. The lowest BCUT2D eigenvalue weighted by atomic mass is 9.66. The minimum atomic E-state index is -0.795. The van der Waals surface area contributed by atoms with Crippen molar-refractivity contribution < 1.29 is 6.85 Å². The van der Waals surface area contributed by atoms with Gasteiger partial charge in [-0.25, -0.2) is 0 Å². The van der Waals surface area contributed by atoms with Crippen molar-refractivity contribution >= 4 is 45.7 Å². The van der Waals surface area contributed by atoms with Crippen LogP contribution in [0.4, 0.5) is 34.1 Å². The van der Waals surface area contributed by atoms with Gasteiger partial charge in [0.1, 0.15) is 0 Å². The third-order valence-corrected chi connectivity index (χ3v) is 18.2. The lowest BCUT2D eigenvalue weighted by molar-refractivity contribution is 0.591. The highest BCUT2D eigenvalue weighted by Crippen LogP contribution is 2.60. The Bertz CT molecular complexity index is 5070. The Morgan fingerprint density at radius 3 is 1.24 bits per heavy atom. The molecule has 0 saturated heterocycles. The standard InChI is InChI=1S/C89H67ClN2/c1-88(2,3)71-58-82(66-36-17-7-18-37-66)87(83(59-71)67-38-19-8-20-39-67)92(74-45-27-44-72(90)60-74)76-57-68(77-47-28-50-81-80-46-25-26-51-84(80)89(85(77)81,69-40-21-9-22-41-69)70-42-23-10-24-43-70)56-75(61-76)91(73-54-52-63(53-55-73)62-30-11-4-12-31-62)86-78(64-32-13-5-14-33-64)48-29-49-79(86)65-34-15-6-16-35-65/h4-61H,1-3H3/i4D,11D,12D,30D,31D. The number of benzene rings is 14. The summed E-state index contributed by atoms with van der Waals surface area (Å²) in [5.41, 5.74) is 22.8. The highest BCUT2D eigenvalue weighted by Gasteiger charge is 2.47. The second-order valence-corrected chi connectivity index (χ2v) is 25.0. The van der Waals surface area contributed by atoms with Crippen molar-refractivity contribution in [3.05, 3.63) is 385 Å². The molecule has 0 fully saturated rings. The first-order chi connectivity index (χ1) is 47.3. The molecular formula is C89H67ClN2. The maximum Gasteiger partial charge on any atom is 0.0719 e. The van der Waals surface area contributed by atoms with Gasteiger partial charge in [0.15, 0.2) is 0 Å². The maximum absolute atomic E-state index is 9.17. The molecule has 0 aromatic heterocycles. The molecule has 0 amide bonds. The third-order valence-electron chi connectivity index (χ3n) is 18.0. The molecule has 0 radical (unpaired) electrons. The molecule has 2 nitrogen and oxygen atoms in total. The number of hydrogen-bond acceptors (Lipinski definition) is 2. The van der Waals surface area contributed by atoms with E-state index in [-0.39, 0.29) is 23.1 Å². The van der Waals surface area contributed by atoms with Gasteiger partial charge in [0.05, 0.1) is 23.6 Å². The lowest BCUT2D eigenvalue weighted by Crippen LogP contribution is -2.29. The summed E-state index contributed by atoms with van der Waals surface area (Å²) in [6, 6.07) is 113. The number of fused-ring (bicyclic) bond motifs is 3. The van der Waals surface area contributed by atoms with Crippen LogP contribution in [-0.2, 0) is 10.8 Å². The zero-order valence-corrected chi connectivity index (χ0v) is 52.1. The summed E-state index contributed by atoms with van der Waals surface area (Å²) in [5.74, 6) is 0. The Labute approximate surface area is 553 Å². The highest BCUT2D eigenvalue weighted by atomic mass is 35.5. The van der Waals surface area contributed by atoms with Crippen LogP contribution in [0.5, 0.6) is 0 Å². The molecule has 15 rings (SSSR count). The molecule has 3 heteroatoms. The van der Waals surface area contributed by atoms with Gasteiger partial charge in [-0.1, -0.05) is 323 Å². The second kappa shape index (κ2) is 24.4. The summed E-state index contributed by atoms with van der Waals surface area (Å²) in [5, 5.41) is 0.576. The van der Waals surface area contributed by atoms with E-state index in [1.807, 2.05) is 48.5 Å². The van der Waals surface area contributed by atoms with Gasteiger partial charge in [-0.2, -0.15) is 0 Å². The smallest absolute Gasteiger partial charge is 0.0719 e. The van der Waals surface area contributed by atoms with Gasteiger partial charge in [-0.15, -0.1) is 0 Å². The highest BCUT2D eigenvalue weighted by molar-refractivity contribution is 6.31. The van der Waals surface area contributed by atoms with Crippen LogP contribution in [0.2, 0.25) is 5.02 Å². The largest absolute Gasteiger partial charge is 0.309 e. The molecule has 1 aliphatic rings. The van der Waals surface area contributed by atoms with Crippen LogP contribution in [0.1, 0.15) is 55.4 Å². The molecule has 1 aliphatic carbocycles. The van der Waals surface area contributed by atoms with Crippen LogP contribution in [0.3, 0.4) is 0 Å². The van der Waals surface area contributed by atoms with Crippen molar-refractivity contribution in [3.8, 4) is 77.9 Å². The summed E-state index contributed by atoms with van der Waals surface area (Å²) >= 11 is 7.35. The van der Waals surface area contributed by atoms with Crippen molar-refractivity contribution in [2.75, 3.05) is 9.80 Å². The minimum Gasteiger partial charge on any atom is -0.309 e. The van der Waals surface area contributed by atoms with E-state index in [0.717, 1.165) is 118 Å². The number of halogens is 1. The summed E-state index contributed by atoms with van der Waals surface area (Å²) in [4.78, 5) is 4.77. The molecule has 440 valence electrons. The van der Waals surface area contributed by atoms with Crippen LogP contribution in [0.25, 0.3) is 77.9 Å². The van der Waals surface area contributed by atoms with Crippen LogP contribution < -0.4 is 9.80 Å². The van der Waals surface area contributed by atoms with Crippen LogP contribution in [0, 0.1) is 0 Å². The fraction of sp³-hybridized carbons (Fsp3) is 0.0562. The van der Waals surface area contributed by atoms with Crippen molar-refractivity contribution in [1.82, 2.24) is 0 Å². The quantitative estimate of drug-likeness (QED) is 0.107. The summed E-state index contributed by atoms with van der Waals surface area (Å²) in [6.45, 7) is 6.83. The van der Waals surface area contributed by atoms with Gasteiger partial charge in [-0.3, -0.25) is 0 Å². The molecule has 0 spiro atoms. The number of anilines is 6. The first kappa shape index (κ1) is 51.8. The monoisotopic (exact) mass is 1200 g/mol. The predicted octanol–water partition coefficient (Wildman–Crippen LogP) is 24.9. The molecule has 0 saturated carbocycles. The SMILES string of the molecule is [2H]c1c([2H])c([2H])c(-c2ccc(N(c3cc(-c4cccc5c4C(c4ccccc4)(c4ccccc4)c4ccccc4-5)cc(N(c4cccc(Cl)c4)c4c(-c5ccccc5)cc(C(C)(C)C)cc4-c4ccccc4)c3)c3c(-c4ccccc4)cccc3-c3ccccc3)cc2)c([2H])c1[2H]. The fourth-order valence-corrected chi connectivity index (χ4v) is 14.0. The molecule has 0 heterocycles. The molecule has 14 aromatic carbocycles. The topological polar surface area (TPSA) is 6.48 Å². The van der Waals surface area contributed by atoms with Gasteiger partial charge < -0.3 is 9.80 Å². The van der Waals surface area contributed by atoms with E-state index in [9.17, 15) is 2.74 Å². The van der Waals surface area contributed by atoms with Crippen molar-refractivity contribution in [2.45, 2.75) is 31.6 Å². The summed E-state index contributed by atoms with van der Waals surface area (Å²) < 4.78 is 44.4. The molecular weight excluding hydrogens is 1130 g/mol. The Morgan fingerprint density at radius 1 is 0.304 bits per heavy atom. The summed E-state index contributed by atoms with van der Waals surface area (Å²) in [6.07, 6.45) is 0. The van der Waals surface area contributed by atoms with Gasteiger partial charge in [0, 0.05) is 50.0 Å². The van der Waals surface area contributed by atoms with Crippen LogP contribution in [-0.4, -0.2) is 0 Å². The normalized spacial score (nSPS) is 13.0. The van der Waals surface area contributed by atoms with Crippen LogP contribution >= 0.6 is 11.6 Å². The Hall–Kier alpha value is -11.0. The summed E-state index contributed by atoms with van der Waals surface area (Å²) in [7, 11) is 0. The first-order valence-corrected chi connectivity index (χ1v) is 31.7. The molecule has 0 atom stereocenters. The van der Waals surface area contributed by atoms with Crippen molar-refractivity contribution in [3.63, 3.8) is 0 Å². The van der Waals surface area contributed by atoms with E-state index in [0.29, 0.717) is 10.6 Å². The molecule has 0 bridgehead atoms. The fourth-order valence-electron chi connectivity index (χ4n) is 13.8. The lowest BCUT2D eigenvalue weighted by Gasteiger charge is -2.36. The van der Waals surface area contributed by atoms with E-state index in [4.69, 9.17) is 15.7 Å². The Balaban J connectivity index is 1.13. The average Bonchev–Trinajstić information content (AvgIpc) is 1.54. The van der Waals surface area contributed by atoms with E-state index in [2.05, 4.69) is 304 Å². The van der Waals surface area contributed by atoms with Gasteiger partial charge in [-0.05, 0) is 150 Å². The van der Waals surface area contributed by atoms with E-state index < -0.39 is 23.5 Å². The molecule has 92 heavy (non-hydrogen) atoms. The maximum atomic E-state index is 9.17. The number of rotatable bonds is 14. The first-order valence-electron chi connectivity index (χ1n) is 33.8. The van der Waals surface area contributed by atoms with E-state index in [1.165, 1.54) is 11.1 Å². The molecule has 0 aliphatic heterocycles. The second-order valence-electron chi connectivity index (χ2n) is 24.5. The van der Waals surface area contributed by atoms with Gasteiger partial charge >= 0.3 is 0 Å². The van der Waals surface area contributed by atoms with Crippen molar-refractivity contribution in [2.24, 2.45) is 0 Å². The van der Waals surface area contributed by atoms with Gasteiger partial charge in [0.2, 0.25) is 0 Å². The Morgan fingerprint density at radius 2 is 0.728 bits per heavy atom. The number of nitrogens with zero attached hydrogens (tertiary/aromatic N) is 2. The molecule has 0 unspecified atom stereocenters. The minimum absolute atomic E-state index is 0.125. The average molecular weight is 1210 g/mol.